The van der Waals surface area contributed by atoms with Gasteiger partial charge in [-0.2, -0.15) is 4.31 Å². The number of sulfonamides is 1. The number of hydrogen-bond donors (Lipinski definition) is 2. The number of nitrogen functional groups attached to an aromatic ring is 1. The molecule has 0 aromatic heterocycles. The third-order valence-corrected chi connectivity index (χ3v) is 5.29. The van der Waals surface area contributed by atoms with Crippen LogP contribution in [0.5, 0.6) is 0 Å². The van der Waals surface area contributed by atoms with Crippen molar-refractivity contribution in [2.24, 2.45) is 11.7 Å². The number of piperidine rings is 1. The Kier molecular flexibility index (Phi) is 4.15. The van der Waals surface area contributed by atoms with Gasteiger partial charge in [-0.05, 0) is 25.0 Å². The van der Waals surface area contributed by atoms with Gasteiger partial charge in [0.15, 0.2) is 11.6 Å². The maximum atomic E-state index is 13.8. The number of primary amides is 1. The molecular formula is C12H15F2N3O3S. The molecule has 1 aliphatic rings. The highest BCUT2D eigenvalue weighted by molar-refractivity contribution is 7.89. The lowest BCUT2D eigenvalue weighted by Crippen LogP contribution is -2.44. The van der Waals surface area contributed by atoms with E-state index in [1.165, 1.54) is 0 Å². The molecule has 1 aromatic carbocycles. The van der Waals surface area contributed by atoms with E-state index in [-0.39, 0.29) is 18.8 Å². The zero-order valence-electron chi connectivity index (χ0n) is 11.1. The first-order valence-corrected chi connectivity index (χ1v) is 7.71. The van der Waals surface area contributed by atoms with Gasteiger partial charge >= 0.3 is 0 Å². The Hall–Kier alpha value is -1.74. The van der Waals surface area contributed by atoms with Crippen molar-refractivity contribution in [2.75, 3.05) is 18.8 Å². The Balaban J connectivity index is 2.40. The number of nitrogens with two attached hydrogens (primary N) is 2. The second-order valence-electron chi connectivity index (χ2n) is 4.92. The zero-order valence-corrected chi connectivity index (χ0v) is 11.9. The van der Waals surface area contributed by atoms with Gasteiger partial charge in [-0.1, -0.05) is 0 Å². The average molecular weight is 319 g/mol. The fourth-order valence-electron chi connectivity index (χ4n) is 2.30. The Morgan fingerprint density at radius 2 is 2.00 bits per heavy atom. The number of carbonyl (C=O) groups excluding carboxylic acids is 1. The molecule has 0 bridgehead atoms. The summed E-state index contributed by atoms with van der Waals surface area (Å²) in [6.07, 6.45) is 0.883. The van der Waals surface area contributed by atoms with Crippen molar-refractivity contribution in [3.63, 3.8) is 0 Å². The molecule has 2 rings (SSSR count). The molecular weight excluding hydrogens is 304 g/mol. The van der Waals surface area contributed by atoms with Crippen LogP contribution in [0, 0.1) is 17.6 Å². The predicted octanol–water partition coefficient (Wildman–Crippen LogP) is 0.433. The molecule has 1 atom stereocenters. The van der Waals surface area contributed by atoms with Gasteiger partial charge in [0.05, 0.1) is 5.92 Å². The predicted molar refractivity (Wildman–Crippen MR) is 71.4 cm³/mol. The summed E-state index contributed by atoms with van der Waals surface area (Å²) in [6, 6.07) is 1.57. The number of hydrogen-bond acceptors (Lipinski definition) is 4. The molecule has 1 unspecified atom stereocenters. The van der Waals surface area contributed by atoms with Crippen molar-refractivity contribution in [1.82, 2.24) is 4.31 Å². The van der Waals surface area contributed by atoms with Crippen LogP contribution in [0.3, 0.4) is 0 Å². The van der Waals surface area contributed by atoms with Crippen molar-refractivity contribution in [1.29, 1.82) is 0 Å². The molecule has 1 saturated heterocycles. The molecule has 21 heavy (non-hydrogen) atoms. The van der Waals surface area contributed by atoms with Gasteiger partial charge in [-0.15, -0.1) is 0 Å². The first kappa shape index (κ1) is 15.6. The van der Waals surface area contributed by atoms with Crippen LogP contribution < -0.4 is 11.5 Å². The Morgan fingerprint density at radius 3 is 2.62 bits per heavy atom. The molecule has 116 valence electrons. The quantitative estimate of drug-likeness (QED) is 0.788. The normalized spacial score (nSPS) is 20.4. The second-order valence-corrected chi connectivity index (χ2v) is 6.83. The molecule has 4 N–H and O–H groups in total. The van der Waals surface area contributed by atoms with Gasteiger partial charge in [-0.25, -0.2) is 17.2 Å². The van der Waals surface area contributed by atoms with Crippen molar-refractivity contribution in [3.05, 3.63) is 23.8 Å². The summed E-state index contributed by atoms with van der Waals surface area (Å²) in [6.45, 7) is -0.0322. The number of nitrogens with zero attached hydrogens (tertiary/aromatic N) is 1. The largest absolute Gasteiger partial charge is 0.399 e. The first-order valence-electron chi connectivity index (χ1n) is 6.27. The topological polar surface area (TPSA) is 106 Å². The van der Waals surface area contributed by atoms with Crippen molar-refractivity contribution >= 4 is 21.6 Å². The SMILES string of the molecule is NC(=O)C1CCCN(S(=O)(=O)c2cc(N)cc(F)c2F)C1. The summed E-state index contributed by atoms with van der Waals surface area (Å²) in [5.74, 6) is -4.07. The summed E-state index contributed by atoms with van der Waals surface area (Å²) >= 11 is 0. The van der Waals surface area contributed by atoms with Crippen LogP contribution in [0.25, 0.3) is 0 Å². The molecule has 1 aromatic rings. The van der Waals surface area contributed by atoms with Crippen LogP contribution in [-0.4, -0.2) is 31.7 Å². The monoisotopic (exact) mass is 319 g/mol. The van der Waals surface area contributed by atoms with Crippen LogP contribution in [0.2, 0.25) is 0 Å². The maximum Gasteiger partial charge on any atom is 0.246 e. The van der Waals surface area contributed by atoms with Crippen LogP contribution in [0.4, 0.5) is 14.5 Å². The number of anilines is 1. The number of benzene rings is 1. The van der Waals surface area contributed by atoms with E-state index in [1.807, 2.05) is 0 Å². The Bertz CT molecular complexity index is 679. The van der Waals surface area contributed by atoms with E-state index in [0.29, 0.717) is 18.9 Å². The van der Waals surface area contributed by atoms with E-state index in [9.17, 15) is 22.0 Å². The molecule has 6 nitrogen and oxygen atoms in total. The minimum Gasteiger partial charge on any atom is -0.399 e. The summed E-state index contributed by atoms with van der Waals surface area (Å²) in [5, 5.41) is 0. The summed E-state index contributed by atoms with van der Waals surface area (Å²) in [5.41, 5.74) is 10.3. The van der Waals surface area contributed by atoms with E-state index < -0.39 is 38.4 Å². The molecule has 0 spiro atoms. The molecule has 0 radical (unpaired) electrons. The fourth-order valence-corrected chi connectivity index (χ4v) is 3.94. The first-order chi connectivity index (χ1) is 9.73. The third-order valence-electron chi connectivity index (χ3n) is 3.42. The molecule has 0 aliphatic carbocycles. The number of carbonyl (C=O) groups is 1. The standard InChI is InChI=1S/C12H15F2N3O3S/c13-9-4-8(15)5-10(11(9)14)21(19,20)17-3-1-2-7(6-17)12(16)18/h4-5,7H,1-3,6,15H2,(H2,16,18). The highest BCUT2D eigenvalue weighted by atomic mass is 32.2. The average Bonchev–Trinajstić information content (AvgIpc) is 2.42. The van der Waals surface area contributed by atoms with Crippen molar-refractivity contribution in [2.45, 2.75) is 17.7 Å². The Morgan fingerprint density at radius 1 is 1.33 bits per heavy atom. The van der Waals surface area contributed by atoms with Crippen LogP contribution in [-0.2, 0) is 14.8 Å². The fraction of sp³-hybridized carbons (Fsp3) is 0.417. The van der Waals surface area contributed by atoms with Gasteiger partial charge in [0.1, 0.15) is 4.90 Å². The number of amides is 1. The second kappa shape index (κ2) is 5.57. The lowest BCUT2D eigenvalue weighted by molar-refractivity contribution is -0.122. The highest BCUT2D eigenvalue weighted by Gasteiger charge is 2.34. The summed E-state index contributed by atoms with van der Waals surface area (Å²) in [7, 11) is -4.27. The smallest absolute Gasteiger partial charge is 0.246 e. The zero-order chi connectivity index (χ0) is 15.8. The highest BCUT2D eigenvalue weighted by Crippen LogP contribution is 2.27. The van der Waals surface area contributed by atoms with Gasteiger partial charge < -0.3 is 11.5 Å². The third kappa shape index (κ3) is 2.98. The minimum absolute atomic E-state index is 0.113. The van der Waals surface area contributed by atoms with E-state index in [4.69, 9.17) is 11.5 Å². The number of halogens is 2. The molecule has 1 aliphatic heterocycles. The minimum atomic E-state index is -4.27. The summed E-state index contributed by atoms with van der Waals surface area (Å²) < 4.78 is 52.8. The van der Waals surface area contributed by atoms with E-state index in [0.717, 1.165) is 10.4 Å². The van der Waals surface area contributed by atoms with Gasteiger partial charge in [0.2, 0.25) is 15.9 Å². The molecule has 9 heteroatoms. The van der Waals surface area contributed by atoms with E-state index in [2.05, 4.69) is 0 Å². The van der Waals surface area contributed by atoms with Gasteiger partial charge in [0.25, 0.3) is 0 Å². The van der Waals surface area contributed by atoms with Crippen LogP contribution >= 0.6 is 0 Å². The molecule has 1 fully saturated rings. The van der Waals surface area contributed by atoms with Crippen LogP contribution in [0.1, 0.15) is 12.8 Å². The molecule has 1 amide bonds. The van der Waals surface area contributed by atoms with E-state index >= 15 is 0 Å². The molecule has 1 heterocycles. The van der Waals surface area contributed by atoms with Crippen molar-refractivity contribution in [3.8, 4) is 0 Å². The maximum absolute atomic E-state index is 13.8. The Labute approximate surface area is 120 Å². The van der Waals surface area contributed by atoms with Crippen molar-refractivity contribution < 1.29 is 22.0 Å². The van der Waals surface area contributed by atoms with E-state index in [1.54, 1.807) is 0 Å². The lowest BCUT2D eigenvalue weighted by Gasteiger charge is -2.30. The van der Waals surface area contributed by atoms with Crippen LogP contribution in [0.15, 0.2) is 17.0 Å². The number of rotatable bonds is 3. The lowest BCUT2D eigenvalue weighted by atomic mass is 9.99. The summed E-state index contributed by atoms with van der Waals surface area (Å²) in [4.78, 5) is 10.4. The van der Waals surface area contributed by atoms with Gasteiger partial charge in [-0.3, -0.25) is 4.79 Å². The van der Waals surface area contributed by atoms with Gasteiger partial charge in [0, 0.05) is 18.8 Å². The molecule has 0 saturated carbocycles.